The van der Waals surface area contributed by atoms with Gasteiger partial charge in [0.1, 0.15) is 12.4 Å². The Hall–Kier alpha value is -1.15. The third kappa shape index (κ3) is 1.95. The number of hydrogen-bond donors (Lipinski definition) is 0. The van der Waals surface area contributed by atoms with E-state index in [0.717, 1.165) is 17.6 Å². The van der Waals surface area contributed by atoms with Crippen LogP contribution in [0, 0.1) is 0 Å². The molecule has 0 spiro atoms. The molecule has 1 aliphatic heterocycles. The lowest BCUT2D eigenvalue weighted by atomic mass is 10.1. The third-order valence-electron chi connectivity index (χ3n) is 2.58. The van der Waals surface area contributed by atoms with E-state index >= 15 is 0 Å². The summed E-state index contributed by atoms with van der Waals surface area (Å²) in [7, 11) is 0. The van der Waals surface area contributed by atoms with E-state index in [4.69, 9.17) is 4.74 Å². The molecule has 1 nitrogen and oxygen atoms in total. The van der Waals surface area contributed by atoms with Crippen LogP contribution in [0.3, 0.4) is 0 Å². The molecule has 0 aromatic heterocycles. The van der Waals surface area contributed by atoms with E-state index in [-0.39, 0.29) is 0 Å². The standard InChI is InChI=1S/C13H12OS/c1-2-6-12-10(4-1)5-3-7-13(12)14-8-11-9-15-11/h1-7,11H,8-9H2. The summed E-state index contributed by atoms with van der Waals surface area (Å²) in [6.07, 6.45) is 0. The molecule has 0 N–H and O–H groups in total. The van der Waals surface area contributed by atoms with Crippen molar-refractivity contribution in [1.29, 1.82) is 0 Å². The quantitative estimate of drug-likeness (QED) is 0.728. The Balaban J connectivity index is 1.93. The first-order valence-corrected chi connectivity index (χ1v) is 6.20. The molecule has 2 aromatic carbocycles. The highest BCUT2D eigenvalue weighted by atomic mass is 32.2. The summed E-state index contributed by atoms with van der Waals surface area (Å²) in [5.41, 5.74) is 0. The lowest BCUT2D eigenvalue weighted by molar-refractivity contribution is 0.334. The maximum atomic E-state index is 5.82. The van der Waals surface area contributed by atoms with Crippen LogP contribution in [0.4, 0.5) is 0 Å². The number of ether oxygens (including phenoxy) is 1. The predicted octanol–water partition coefficient (Wildman–Crippen LogP) is 3.33. The van der Waals surface area contributed by atoms with Gasteiger partial charge >= 0.3 is 0 Å². The van der Waals surface area contributed by atoms with Gasteiger partial charge in [-0.3, -0.25) is 0 Å². The SMILES string of the molecule is c1ccc2c(OCC3CS3)cccc2c1. The van der Waals surface area contributed by atoms with E-state index < -0.39 is 0 Å². The number of benzene rings is 2. The van der Waals surface area contributed by atoms with Gasteiger partial charge in [0.15, 0.2) is 0 Å². The minimum atomic E-state index is 0.726. The third-order valence-corrected chi connectivity index (χ3v) is 3.52. The molecular formula is C13H12OS. The van der Waals surface area contributed by atoms with Gasteiger partial charge in [-0.15, -0.1) is 0 Å². The van der Waals surface area contributed by atoms with Crippen molar-refractivity contribution in [2.24, 2.45) is 0 Å². The zero-order valence-corrected chi connectivity index (χ0v) is 9.17. The summed E-state index contributed by atoms with van der Waals surface area (Å²) in [6, 6.07) is 14.6. The van der Waals surface area contributed by atoms with E-state index in [2.05, 4.69) is 42.5 Å². The van der Waals surface area contributed by atoms with Crippen molar-refractivity contribution in [2.75, 3.05) is 12.4 Å². The first-order valence-electron chi connectivity index (χ1n) is 5.16. The van der Waals surface area contributed by atoms with E-state index in [1.54, 1.807) is 0 Å². The summed E-state index contributed by atoms with van der Waals surface area (Å²) in [5, 5.41) is 3.19. The lowest BCUT2D eigenvalue weighted by Gasteiger charge is -2.07. The van der Waals surface area contributed by atoms with Crippen LogP contribution < -0.4 is 4.74 Å². The second-order valence-corrected chi connectivity index (χ2v) is 5.08. The molecular weight excluding hydrogens is 204 g/mol. The summed E-state index contributed by atoms with van der Waals surface area (Å²) in [6.45, 7) is 0.846. The molecule has 0 bridgehead atoms. The average Bonchev–Trinajstić information content (AvgIpc) is 3.10. The van der Waals surface area contributed by atoms with Crippen LogP contribution in [0.25, 0.3) is 10.8 Å². The molecule has 0 aliphatic carbocycles. The van der Waals surface area contributed by atoms with Crippen LogP contribution in [0.5, 0.6) is 5.75 Å². The van der Waals surface area contributed by atoms with Gasteiger partial charge in [0.05, 0.1) is 0 Å². The topological polar surface area (TPSA) is 9.23 Å². The van der Waals surface area contributed by atoms with Gasteiger partial charge in [0, 0.05) is 16.4 Å². The summed E-state index contributed by atoms with van der Waals surface area (Å²) in [5.74, 6) is 2.27. The number of thioether (sulfide) groups is 1. The second kappa shape index (κ2) is 3.78. The largest absolute Gasteiger partial charge is 0.492 e. The van der Waals surface area contributed by atoms with Crippen LogP contribution in [0.2, 0.25) is 0 Å². The van der Waals surface area contributed by atoms with Crippen molar-refractivity contribution >= 4 is 22.5 Å². The maximum absolute atomic E-state index is 5.82. The van der Waals surface area contributed by atoms with Gasteiger partial charge in [-0.25, -0.2) is 0 Å². The highest BCUT2D eigenvalue weighted by molar-refractivity contribution is 8.06. The Labute approximate surface area is 93.4 Å². The van der Waals surface area contributed by atoms with Gasteiger partial charge in [0.25, 0.3) is 0 Å². The Bertz CT molecular complexity index is 471. The maximum Gasteiger partial charge on any atom is 0.127 e. The van der Waals surface area contributed by atoms with Crippen LogP contribution in [0.15, 0.2) is 42.5 Å². The highest BCUT2D eigenvalue weighted by Gasteiger charge is 2.23. The minimum Gasteiger partial charge on any atom is -0.492 e. The molecule has 1 saturated heterocycles. The van der Waals surface area contributed by atoms with Crippen molar-refractivity contribution in [2.45, 2.75) is 5.25 Å². The minimum absolute atomic E-state index is 0.726. The van der Waals surface area contributed by atoms with Gasteiger partial charge in [-0.2, -0.15) is 11.8 Å². The first kappa shape index (κ1) is 9.10. The number of rotatable bonds is 3. The Morgan fingerprint density at radius 3 is 2.80 bits per heavy atom. The van der Waals surface area contributed by atoms with E-state index in [9.17, 15) is 0 Å². The van der Waals surface area contributed by atoms with Crippen LogP contribution in [0.1, 0.15) is 0 Å². The molecule has 15 heavy (non-hydrogen) atoms. The second-order valence-electron chi connectivity index (χ2n) is 3.74. The van der Waals surface area contributed by atoms with Crippen molar-refractivity contribution in [1.82, 2.24) is 0 Å². The Morgan fingerprint density at radius 1 is 1.13 bits per heavy atom. The van der Waals surface area contributed by atoms with Crippen molar-refractivity contribution in [3.05, 3.63) is 42.5 Å². The fourth-order valence-corrected chi connectivity index (χ4v) is 2.07. The molecule has 1 heterocycles. The Morgan fingerprint density at radius 2 is 1.93 bits per heavy atom. The summed E-state index contributed by atoms with van der Waals surface area (Å²) >= 11 is 1.97. The zero-order valence-electron chi connectivity index (χ0n) is 8.35. The predicted molar refractivity (Wildman–Crippen MR) is 65.7 cm³/mol. The van der Waals surface area contributed by atoms with Gasteiger partial charge < -0.3 is 4.74 Å². The number of hydrogen-bond acceptors (Lipinski definition) is 2. The average molecular weight is 216 g/mol. The molecule has 0 radical (unpaired) electrons. The Kier molecular flexibility index (Phi) is 2.29. The lowest BCUT2D eigenvalue weighted by Crippen LogP contribution is -2.03. The van der Waals surface area contributed by atoms with E-state index in [1.807, 2.05) is 11.8 Å². The zero-order chi connectivity index (χ0) is 10.1. The molecule has 0 amide bonds. The molecule has 3 rings (SSSR count). The first-order chi connectivity index (χ1) is 7.43. The summed E-state index contributed by atoms with van der Waals surface area (Å²) < 4.78 is 5.82. The fourth-order valence-electron chi connectivity index (χ4n) is 1.67. The highest BCUT2D eigenvalue weighted by Crippen LogP contribution is 2.32. The van der Waals surface area contributed by atoms with Crippen molar-refractivity contribution in [3.8, 4) is 5.75 Å². The van der Waals surface area contributed by atoms with Gasteiger partial charge in [0.2, 0.25) is 0 Å². The fraction of sp³-hybridized carbons (Fsp3) is 0.231. The van der Waals surface area contributed by atoms with E-state index in [0.29, 0.717) is 0 Å². The number of fused-ring (bicyclic) bond motifs is 1. The van der Waals surface area contributed by atoms with Crippen molar-refractivity contribution < 1.29 is 4.74 Å². The van der Waals surface area contributed by atoms with E-state index in [1.165, 1.54) is 16.5 Å². The monoisotopic (exact) mass is 216 g/mol. The smallest absolute Gasteiger partial charge is 0.127 e. The van der Waals surface area contributed by atoms with Gasteiger partial charge in [-0.05, 0) is 11.5 Å². The van der Waals surface area contributed by atoms with Crippen LogP contribution >= 0.6 is 11.8 Å². The molecule has 1 fully saturated rings. The van der Waals surface area contributed by atoms with Crippen LogP contribution in [-0.2, 0) is 0 Å². The molecule has 1 unspecified atom stereocenters. The summed E-state index contributed by atoms with van der Waals surface area (Å²) in [4.78, 5) is 0. The van der Waals surface area contributed by atoms with Crippen LogP contribution in [-0.4, -0.2) is 17.6 Å². The molecule has 1 atom stereocenters. The molecule has 2 heteroatoms. The molecule has 1 aliphatic rings. The van der Waals surface area contributed by atoms with Gasteiger partial charge in [-0.1, -0.05) is 36.4 Å². The normalized spacial score (nSPS) is 19.1. The van der Waals surface area contributed by atoms with Crippen molar-refractivity contribution in [3.63, 3.8) is 0 Å². The molecule has 2 aromatic rings. The molecule has 0 saturated carbocycles. The molecule has 76 valence electrons.